The van der Waals surface area contributed by atoms with Gasteiger partial charge in [-0.3, -0.25) is 9.59 Å². The molecule has 6 nitrogen and oxygen atoms in total. The predicted molar refractivity (Wildman–Crippen MR) is 135 cm³/mol. The summed E-state index contributed by atoms with van der Waals surface area (Å²) >= 11 is 4.89. The first-order chi connectivity index (χ1) is 15.7. The third-order valence-corrected chi connectivity index (χ3v) is 7.41. The molecule has 176 valence electrons. The maximum atomic E-state index is 13.2. The van der Waals surface area contributed by atoms with Crippen molar-refractivity contribution < 1.29 is 14.3 Å². The second-order valence-corrected chi connectivity index (χ2v) is 11.2. The van der Waals surface area contributed by atoms with Crippen LogP contribution in [-0.4, -0.2) is 35.4 Å². The summed E-state index contributed by atoms with van der Waals surface area (Å²) < 4.78 is 7.76. The zero-order valence-corrected chi connectivity index (χ0v) is 21.8. The number of carbonyl (C=O) groups excluding carboxylic acids is 2. The number of ether oxygens (including phenoxy) is 1. The highest BCUT2D eigenvalue weighted by molar-refractivity contribution is 9.09. The molecule has 4 rings (SSSR count). The third-order valence-electron chi connectivity index (χ3n) is 5.99. The largest absolute Gasteiger partial charge is 0.495 e. The summed E-state index contributed by atoms with van der Waals surface area (Å²) in [6.45, 7) is 7.69. The van der Waals surface area contributed by atoms with Crippen LogP contribution in [0, 0.1) is 11.3 Å². The molecule has 2 aromatic heterocycles. The van der Waals surface area contributed by atoms with E-state index in [1.165, 1.54) is 0 Å². The Kier molecular flexibility index (Phi) is 6.86. The van der Waals surface area contributed by atoms with Crippen molar-refractivity contribution in [3.05, 3.63) is 58.6 Å². The van der Waals surface area contributed by atoms with E-state index < -0.39 is 0 Å². The topological polar surface area (TPSA) is 72.4 Å². The Hall–Kier alpha value is -2.32. The molecule has 1 aliphatic heterocycles. The molecule has 2 N–H and O–H groups in total. The molecule has 8 heteroatoms. The Bertz CT molecular complexity index is 1110. The number of nitrogens with zero attached hydrogens (tertiary/aromatic N) is 1. The summed E-state index contributed by atoms with van der Waals surface area (Å²) in [4.78, 5) is 26.5. The number of amides is 2. The van der Waals surface area contributed by atoms with Crippen LogP contribution < -0.4 is 10.6 Å². The van der Waals surface area contributed by atoms with Crippen molar-refractivity contribution in [2.45, 2.75) is 39.7 Å². The molecular weight excluding hydrogens is 502 g/mol. The van der Waals surface area contributed by atoms with Crippen LogP contribution in [0.4, 0.5) is 0 Å². The summed E-state index contributed by atoms with van der Waals surface area (Å²) in [7, 11) is 1.63. The highest BCUT2D eigenvalue weighted by Crippen LogP contribution is 2.46. The van der Waals surface area contributed by atoms with Crippen molar-refractivity contribution in [3.8, 4) is 10.4 Å². The van der Waals surface area contributed by atoms with Crippen LogP contribution in [0.15, 0.2) is 47.2 Å². The van der Waals surface area contributed by atoms with E-state index in [4.69, 9.17) is 4.74 Å². The first-order valence-electron chi connectivity index (χ1n) is 11.1. The van der Waals surface area contributed by atoms with E-state index in [1.807, 2.05) is 12.1 Å². The van der Waals surface area contributed by atoms with Gasteiger partial charge in [0.25, 0.3) is 5.91 Å². The van der Waals surface area contributed by atoms with Gasteiger partial charge < -0.3 is 19.9 Å². The van der Waals surface area contributed by atoms with Crippen LogP contribution in [0.3, 0.4) is 0 Å². The van der Waals surface area contributed by atoms with Gasteiger partial charge in [-0.05, 0) is 47.4 Å². The van der Waals surface area contributed by atoms with Crippen LogP contribution in [-0.2, 0) is 16.1 Å². The monoisotopic (exact) mass is 531 g/mol. The van der Waals surface area contributed by atoms with E-state index in [1.54, 1.807) is 18.4 Å². The average molecular weight is 533 g/mol. The summed E-state index contributed by atoms with van der Waals surface area (Å²) in [6.07, 6.45) is 5.09. The number of allylic oxidation sites excluding steroid dienone is 2. The quantitative estimate of drug-likeness (QED) is 0.513. The number of nitrogens with one attached hydrogen (secondary N) is 2. The number of thiophene rings is 1. The van der Waals surface area contributed by atoms with Crippen molar-refractivity contribution >= 4 is 39.1 Å². The Balaban J connectivity index is 1.79. The highest BCUT2D eigenvalue weighted by Gasteiger charge is 2.37. The van der Waals surface area contributed by atoms with Crippen LogP contribution in [0.5, 0.6) is 0 Å². The van der Waals surface area contributed by atoms with Gasteiger partial charge in [0.15, 0.2) is 0 Å². The lowest BCUT2D eigenvalue weighted by atomic mass is 9.79. The molecule has 33 heavy (non-hydrogen) atoms. The predicted octanol–water partition coefficient (Wildman–Crippen LogP) is 5.03. The highest BCUT2D eigenvalue weighted by atomic mass is 79.9. The first kappa shape index (κ1) is 23.8. The number of hydrogen-bond donors (Lipinski definition) is 2. The Labute approximate surface area is 207 Å². The molecule has 0 spiro atoms. The molecule has 2 atom stereocenters. The van der Waals surface area contributed by atoms with E-state index in [9.17, 15) is 9.59 Å². The van der Waals surface area contributed by atoms with Crippen molar-refractivity contribution in [1.29, 1.82) is 0 Å². The molecule has 3 heterocycles. The molecule has 2 unspecified atom stereocenters. The van der Waals surface area contributed by atoms with Crippen LogP contribution in [0.1, 0.15) is 49.3 Å². The standard InChI is InChI=1S/C25H30BrN3O3S/c1-25(2,3)14-27-24(31)19-12-17(21-6-5-9-33-21)23-16-11-18(28-22(30)13-26)20(32-4)10-15(16)7-8-29(19)23/h5-6,9-12,15-16H,7-8,13-14H2,1-4H3,(H,27,31)(H,28,30). The van der Waals surface area contributed by atoms with E-state index in [2.05, 4.69) is 75.5 Å². The molecule has 2 aromatic rings. The Morgan fingerprint density at radius 2 is 2.09 bits per heavy atom. The second-order valence-electron chi connectivity index (χ2n) is 9.68. The van der Waals surface area contributed by atoms with E-state index >= 15 is 0 Å². The van der Waals surface area contributed by atoms with Gasteiger partial charge in [-0.15, -0.1) is 11.3 Å². The summed E-state index contributed by atoms with van der Waals surface area (Å²) in [5, 5.41) is 8.33. The lowest BCUT2D eigenvalue weighted by Gasteiger charge is -2.35. The number of fused-ring (bicyclic) bond motifs is 3. The lowest BCUT2D eigenvalue weighted by Crippen LogP contribution is -2.35. The molecule has 0 fully saturated rings. The smallest absolute Gasteiger partial charge is 0.267 e. The molecule has 0 saturated heterocycles. The zero-order valence-electron chi connectivity index (χ0n) is 19.4. The average Bonchev–Trinajstić information content (AvgIpc) is 3.44. The number of aromatic nitrogens is 1. The van der Waals surface area contributed by atoms with E-state index in [0.717, 1.165) is 29.1 Å². The van der Waals surface area contributed by atoms with Crippen LogP contribution in [0.2, 0.25) is 0 Å². The fraction of sp³-hybridized carbons (Fsp3) is 0.440. The van der Waals surface area contributed by atoms with Crippen molar-refractivity contribution in [3.63, 3.8) is 0 Å². The van der Waals surface area contributed by atoms with Gasteiger partial charge in [-0.2, -0.15) is 0 Å². The van der Waals surface area contributed by atoms with Gasteiger partial charge in [-0.1, -0.05) is 42.8 Å². The summed E-state index contributed by atoms with van der Waals surface area (Å²) in [5.41, 5.74) is 3.57. The molecule has 2 amide bonds. The lowest BCUT2D eigenvalue weighted by molar-refractivity contribution is -0.117. The first-order valence-corrected chi connectivity index (χ1v) is 13.1. The van der Waals surface area contributed by atoms with Crippen molar-refractivity contribution in [1.82, 2.24) is 15.2 Å². The van der Waals surface area contributed by atoms with E-state index in [0.29, 0.717) is 23.7 Å². The Morgan fingerprint density at radius 1 is 1.30 bits per heavy atom. The minimum atomic E-state index is -0.130. The maximum absolute atomic E-state index is 13.2. The molecule has 0 saturated carbocycles. The molecule has 0 bridgehead atoms. The van der Waals surface area contributed by atoms with Gasteiger partial charge in [0, 0.05) is 35.1 Å². The number of carbonyl (C=O) groups is 2. The fourth-order valence-electron chi connectivity index (χ4n) is 4.48. The third kappa shape index (κ3) is 4.96. The van der Waals surface area contributed by atoms with Gasteiger partial charge in [0.2, 0.25) is 5.91 Å². The second kappa shape index (κ2) is 9.50. The summed E-state index contributed by atoms with van der Waals surface area (Å²) in [5.74, 6) is 0.773. The normalized spacial score (nSPS) is 19.7. The van der Waals surface area contributed by atoms with Gasteiger partial charge in [0.1, 0.15) is 11.5 Å². The summed E-state index contributed by atoms with van der Waals surface area (Å²) in [6, 6.07) is 6.16. The number of hydrogen-bond acceptors (Lipinski definition) is 4. The number of halogens is 1. The van der Waals surface area contributed by atoms with Crippen LogP contribution >= 0.6 is 27.3 Å². The molecule has 2 aliphatic rings. The van der Waals surface area contributed by atoms with E-state index in [-0.39, 0.29) is 34.4 Å². The SMILES string of the molecule is COC1=CC2CCn3c(C(=O)NCC(C)(C)C)cc(-c4cccs4)c3C2C=C1NC(=O)CBr. The van der Waals surface area contributed by atoms with Crippen molar-refractivity contribution in [2.75, 3.05) is 19.0 Å². The van der Waals surface area contributed by atoms with Gasteiger partial charge in [-0.25, -0.2) is 0 Å². The zero-order chi connectivity index (χ0) is 23.8. The van der Waals surface area contributed by atoms with Crippen molar-refractivity contribution in [2.24, 2.45) is 11.3 Å². The minimum Gasteiger partial charge on any atom is -0.495 e. The number of rotatable bonds is 6. The van der Waals surface area contributed by atoms with Crippen LogP contribution in [0.25, 0.3) is 10.4 Å². The molecule has 0 aromatic carbocycles. The van der Waals surface area contributed by atoms with Gasteiger partial charge in [0.05, 0.1) is 18.1 Å². The minimum absolute atomic E-state index is 0.00461. The molecule has 1 aliphatic carbocycles. The fourth-order valence-corrected chi connectivity index (χ4v) is 5.37. The van der Waals surface area contributed by atoms with Gasteiger partial charge >= 0.3 is 0 Å². The Morgan fingerprint density at radius 3 is 2.73 bits per heavy atom. The molecular formula is C25H30BrN3O3S. The number of alkyl halides is 1. The number of methoxy groups -OCH3 is 1. The molecule has 0 radical (unpaired) electrons. The maximum Gasteiger partial charge on any atom is 0.267 e.